The van der Waals surface area contributed by atoms with Crippen molar-refractivity contribution in [2.45, 2.75) is 6.23 Å². The van der Waals surface area contributed by atoms with E-state index in [1.807, 2.05) is 0 Å². The summed E-state index contributed by atoms with van der Waals surface area (Å²) in [6.07, 6.45) is 1.42. The summed E-state index contributed by atoms with van der Waals surface area (Å²) in [6.45, 7) is 0. The van der Waals surface area contributed by atoms with Crippen LogP contribution in [0.2, 0.25) is 0 Å². The fourth-order valence-corrected chi connectivity index (χ4v) is 0.574. The molecule has 1 heterocycles. The van der Waals surface area contributed by atoms with Crippen molar-refractivity contribution < 1.29 is 5.11 Å². The molecule has 0 aliphatic heterocycles. The summed E-state index contributed by atoms with van der Waals surface area (Å²) in [4.78, 5) is 16.6. The number of nitrogens with zero attached hydrogens (tertiary/aromatic N) is 1. The van der Waals surface area contributed by atoms with E-state index in [1.54, 1.807) is 0 Å². The Labute approximate surface area is 56.5 Å². The molecule has 0 fully saturated rings. The molecule has 0 amide bonds. The van der Waals surface area contributed by atoms with Crippen molar-refractivity contribution in [2.24, 2.45) is 5.73 Å². The molecule has 0 aromatic carbocycles. The minimum Gasteiger partial charge on any atom is -0.373 e. The maximum absolute atomic E-state index is 10.7. The highest BCUT2D eigenvalue weighted by atomic mass is 16.3. The maximum Gasteiger partial charge on any atom is 0.273 e. The molecule has 0 aliphatic rings. The number of H-pyrrole nitrogens is 1. The maximum atomic E-state index is 10.7. The minimum atomic E-state index is -1.30. The van der Waals surface area contributed by atoms with Gasteiger partial charge in [-0.25, -0.2) is 4.98 Å². The summed E-state index contributed by atoms with van der Waals surface area (Å²) in [7, 11) is 0. The Kier molecular flexibility index (Phi) is 1.79. The van der Waals surface area contributed by atoms with Crippen LogP contribution < -0.4 is 11.3 Å². The van der Waals surface area contributed by atoms with E-state index in [9.17, 15) is 4.79 Å². The van der Waals surface area contributed by atoms with E-state index in [0.717, 1.165) is 0 Å². The lowest BCUT2D eigenvalue weighted by molar-refractivity contribution is 0.179. The lowest BCUT2D eigenvalue weighted by Crippen LogP contribution is -2.22. The lowest BCUT2D eigenvalue weighted by atomic mass is 10.4. The van der Waals surface area contributed by atoms with Gasteiger partial charge in [-0.05, 0) is 0 Å². The third kappa shape index (κ3) is 1.20. The van der Waals surface area contributed by atoms with Crippen LogP contribution in [-0.4, -0.2) is 15.1 Å². The Balaban J connectivity index is 3.16. The fourth-order valence-electron chi connectivity index (χ4n) is 0.574. The Bertz CT molecular complexity index is 268. The minimum absolute atomic E-state index is 0.0671. The van der Waals surface area contributed by atoms with Crippen LogP contribution >= 0.6 is 0 Å². The predicted molar refractivity (Wildman–Crippen MR) is 34.0 cm³/mol. The zero-order valence-corrected chi connectivity index (χ0v) is 5.11. The number of hydrogen-bond donors (Lipinski definition) is 3. The van der Waals surface area contributed by atoms with Gasteiger partial charge >= 0.3 is 0 Å². The second kappa shape index (κ2) is 2.59. The molecule has 0 radical (unpaired) electrons. The van der Waals surface area contributed by atoms with Crippen LogP contribution in [0.15, 0.2) is 17.2 Å². The van der Waals surface area contributed by atoms with Crippen molar-refractivity contribution in [3.05, 3.63) is 28.4 Å². The molecule has 1 atom stereocenters. The number of aliphatic hydroxyl groups excluding tert-OH is 1. The van der Waals surface area contributed by atoms with Gasteiger partial charge in [0.05, 0.1) is 0 Å². The van der Waals surface area contributed by atoms with Crippen LogP contribution in [0.3, 0.4) is 0 Å². The number of nitrogens with one attached hydrogen (secondary N) is 1. The smallest absolute Gasteiger partial charge is 0.273 e. The number of aromatic amines is 1. The lowest BCUT2D eigenvalue weighted by Gasteiger charge is -1.98. The molecule has 1 rings (SSSR count). The van der Waals surface area contributed by atoms with E-state index in [1.165, 1.54) is 12.4 Å². The first-order valence-corrected chi connectivity index (χ1v) is 2.69. The standard InChI is InChI=1S/C5H7N3O2/c6-4(9)3-5(10)8-2-1-7-3/h1-2,4,9H,6H2,(H,8,10). The van der Waals surface area contributed by atoms with Crippen LogP contribution in [0.1, 0.15) is 11.9 Å². The number of aliphatic hydroxyl groups is 1. The number of hydrogen-bond acceptors (Lipinski definition) is 4. The molecule has 4 N–H and O–H groups in total. The molecule has 5 heteroatoms. The third-order valence-electron chi connectivity index (χ3n) is 1.02. The van der Waals surface area contributed by atoms with Crippen LogP contribution in [-0.2, 0) is 0 Å². The summed E-state index contributed by atoms with van der Waals surface area (Å²) in [6, 6.07) is 0. The van der Waals surface area contributed by atoms with E-state index >= 15 is 0 Å². The molecular weight excluding hydrogens is 134 g/mol. The topological polar surface area (TPSA) is 92.0 Å². The van der Waals surface area contributed by atoms with Crippen molar-refractivity contribution in [2.75, 3.05) is 0 Å². The van der Waals surface area contributed by atoms with Gasteiger partial charge < -0.3 is 15.8 Å². The Morgan fingerprint density at radius 3 is 2.90 bits per heavy atom. The molecule has 54 valence electrons. The van der Waals surface area contributed by atoms with Gasteiger partial charge in [-0.15, -0.1) is 0 Å². The average Bonchev–Trinajstić information content (AvgIpc) is 1.88. The molecule has 1 aromatic rings. The first-order valence-electron chi connectivity index (χ1n) is 2.69. The molecule has 0 saturated heterocycles. The second-order valence-electron chi connectivity index (χ2n) is 1.75. The van der Waals surface area contributed by atoms with Gasteiger partial charge in [-0.2, -0.15) is 0 Å². The van der Waals surface area contributed by atoms with Gasteiger partial charge in [0.15, 0.2) is 6.23 Å². The van der Waals surface area contributed by atoms with Crippen molar-refractivity contribution in [1.82, 2.24) is 9.97 Å². The molecule has 0 saturated carbocycles. The molecule has 5 nitrogen and oxygen atoms in total. The molecule has 1 unspecified atom stereocenters. The van der Waals surface area contributed by atoms with Crippen molar-refractivity contribution >= 4 is 0 Å². The van der Waals surface area contributed by atoms with E-state index in [0.29, 0.717) is 0 Å². The van der Waals surface area contributed by atoms with E-state index in [2.05, 4.69) is 9.97 Å². The zero-order valence-electron chi connectivity index (χ0n) is 5.11. The summed E-state index contributed by atoms with van der Waals surface area (Å²) < 4.78 is 0. The van der Waals surface area contributed by atoms with E-state index < -0.39 is 11.8 Å². The van der Waals surface area contributed by atoms with Gasteiger partial charge in [0.2, 0.25) is 0 Å². The first kappa shape index (κ1) is 6.91. The monoisotopic (exact) mass is 141 g/mol. The largest absolute Gasteiger partial charge is 0.373 e. The van der Waals surface area contributed by atoms with E-state index in [-0.39, 0.29) is 5.69 Å². The molecule has 0 aliphatic carbocycles. The number of aromatic nitrogens is 2. The van der Waals surface area contributed by atoms with Crippen molar-refractivity contribution in [1.29, 1.82) is 0 Å². The van der Waals surface area contributed by atoms with Gasteiger partial charge in [0, 0.05) is 12.4 Å². The highest BCUT2D eigenvalue weighted by Gasteiger charge is 2.05. The number of nitrogens with two attached hydrogens (primary N) is 1. The van der Waals surface area contributed by atoms with Gasteiger partial charge in [-0.3, -0.25) is 4.79 Å². The van der Waals surface area contributed by atoms with Gasteiger partial charge in [-0.1, -0.05) is 0 Å². The quantitative estimate of drug-likeness (QED) is 0.425. The Hall–Kier alpha value is -1.20. The second-order valence-corrected chi connectivity index (χ2v) is 1.75. The van der Waals surface area contributed by atoms with Crippen LogP contribution in [0.4, 0.5) is 0 Å². The molecular formula is C5H7N3O2. The normalized spacial score (nSPS) is 13.0. The van der Waals surface area contributed by atoms with Crippen molar-refractivity contribution in [3.8, 4) is 0 Å². The van der Waals surface area contributed by atoms with Crippen LogP contribution in [0.5, 0.6) is 0 Å². The fraction of sp³-hybridized carbons (Fsp3) is 0.200. The number of rotatable bonds is 1. The Morgan fingerprint density at radius 1 is 1.80 bits per heavy atom. The summed E-state index contributed by atoms with van der Waals surface area (Å²) in [5, 5.41) is 8.70. The van der Waals surface area contributed by atoms with Crippen LogP contribution in [0, 0.1) is 0 Å². The molecule has 0 spiro atoms. The molecule has 10 heavy (non-hydrogen) atoms. The van der Waals surface area contributed by atoms with Crippen molar-refractivity contribution in [3.63, 3.8) is 0 Å². The summed E-state index contributed by atoms with van der Waals surface area (Å²) >= 11 is 0. The third-order valence-corrected chi connectivity index (χ3v) is 1.02. The van der Waals surface area contributed by atoms with E-state index in [4.69, 9.17) is 10.8 Å². The highest BCUT2D eigenvalue weighted by molar-refractivity contribution is 4.97. The Morgan fingerprint density at radius 2 is 2.50 bits per heavy atom. The zero-order chi connectivity index (χ0) is 7.56. The highest BCUT2D eigenvalue weighted by Crippen LogP contribution is 1.91. The van der Waals surface area contributed by atoms with Gasteiger partial charge in [0.1, 0.15) is 5.69 Å². The molecule has 0 bridgehead atoms. The average molecular weight is 141 g/mol. The predicted octanol–water partition coefficient (Wildman–Crippen LogP) is -1.28. The molecule has 1 aromatic heterocycles. The summed E-state index contributed by atoms with van der Waals surface area (Å²) in [5.74, 6) is 0. The summed E-state index contributed by atoms with van der Waals surface area (Å²) in [5.41, 5.74) is 4.46. The SMILES string of the molecule is NC(O)c1ncc[nH]c1=O. The first-order chi connectivity index (χ1) is 4.72. The van der Waals surface area contributed by atoms with Gasteiger partial charge in [0.25, 0.3) is 5.56 Å². The van der Waals surface area contributed by atoms with Crippen LogP contribution in [0.25, 0.3) is 0 Å².